The summed E-state index contributed by atoms with van der Waals surface area (Å²) in [5, 5.41) is 5.76. The van der Waals surface area contributed by atoms with Gasteiger partial charge in [0, 0.05) is 16.6 Å². The molecule has 0 aliphatic rings. The van der Waals surface area contributed by atoms with Gasteiger partial charge in [-0.3, -0.25) is 4.79 Å². The number of fused-ring (bicyclic) bond motifs is 1. The number of nitrogens with zero attached hydrogens (tertiary/aromatic N) is 1. The number of anilines is 1. The lowest BCUT2D eigenvalue weighted by molar-refractivity contribution is 0.102. The number of amides is 1. The van der Waals surface area contributed by atoms with E-state index < -0.39 is 0 Å². The molecule has 0 saturated heterocycles. The van der Waals surface area contributed by atoms with Crippen molar-refractivity contribution < 1.29 is 9.53 Å². The zero-order valence-corrected chi connectivity index (χ0v) is 15.2. The number of H-pyrrole nitrogens is 2. The fourth-order valence-electron chi connectivity index (χ4n) is 2.67. The van der Waals surface area contributed by atoms with Crippen molar-refractivity contribution in [3.8, 4) is 5.75 Å². The molecule has 0 spiro atoms. The van der Waals surface area contributed by atoms with E-state index in [0.717, 1.165) is 10.7 Å². The van der Waals surface area contributed by atoms with Crippen molar-refractivity contribution in [1.29, 1.82) is 0 Å². The highest BCUT2D eigenvalue weighted by Crippen LogP contribution is 2.19. The Labute approximate surface area is 158 Å². The third-order valence-corrected chi connectivity index (χ3v) is 4.75. The fraction of sp³-hybridized carbons (Fsp3) is 0.105. The Kier molecular flexibility index (Phi) is 4.47. The molecule has 0 atom stereocenters. The van der Waals surface area contributed by atoms with Crippen molar-refractivity contribution in [3.63, 3.8) is 0 Å². The molecule has 3 N–H and O–H groups in total. The molecule has 136 valence electrons. The van der Waals surface area contributed by atoms with Crippen LogP contribution in [0, 0.1) is 6.92 Å². The van der Waals surface area contributed by atoms with E-state index in [2.05, 4.69) is 20.3 Å². The normalized spacial score (nSPS) is 10.9. The van der Waals surface area contributed by atoms with Crippen molar-refractivity contribution in [2.75, 3.05) is 5.32 Å². The number of hydrogen-bond donors (Lipinski definition) is 3. The van der Waals surface area contributed by atoms with Crippen molar-refractivity contribution in [2.24, 2.45) is 0 Å². The van der Waals surface area contributed by atoms with Crippen LogP contribution in [-0.4, -0.2) is 20.9 Å². The number of thiazole rings is 1. The molecule has 0 saturated carbocycles. The highest BCUT2D eigenvalue weighted by atomic mass is 32.1. The molecule has 2 aromatic heterocycles. The first-order valence-corrected chi connectivity index (χ1v) is 9.12. The molecule has 0 radical (unpaired) electrons. The van der Waals surface area contributed by atoms with Gasteiger partial charge in [0.2, 0.25) is 0 Å². The largest absolute Gasteiger partial charge is 0.487 e. The van der Waals surface area contributed by atoms with Crippen LogP contribution in [0.15, 0.2) is 52.6 Å². The second-order valence-electron chi connectivity index (χ2n) is 5.97. The Morgan fingerprint density at radius 2 is 2.04 bits per heavy atom. The molecule has 27 heavy (non-hydrogen) atoms. The Morgan fingerprint density at radius 3 is 2.85 bits per heavy atom. The average Bonchev–Trinajstić information content (AvgIpc) is 3.24. The smallest absolute Gasteiger partial charge is 0.323 e. The van der Waals surface area contributed by atoms with Crippen LogP contribution in [0.1, 0.15) is 21.1 Å². The molecule has 2 heterocycles. The minimum atomic E-state index is -0.284. The number of aryl methyl sites for hydroxylation is 1. The highest BCUT2D eigenvalue weighted by Gasteiger charge is 2.09. The molecule has 2 aromatic carbocycles. The van der Waals surface area contributed by atoms with Gasteiger partial charge in [-0.05, 0) is 43.3 Å². The summed E-state index contributed by atoms with van der Waals surface area (Å²) < 4.78 is 5.73. The molecule has 4 aromatic rings. The molecule has 8 heteroatoms. The number of carbonyl (C=O) groups is 1. The first-order valence-electron chi connectivity index (χ1n) is 8.24. The number of carbonyl (C=O) groups excluding carboxylic acids is 1. The Bertz CT molecular complexity index is 1170. The van der Waals surface area contributed by atoms with Crippen molar-refractivity contribution in [1.82, 2.24) is 15.0 Å². The van der Waals surface area contributed by atoms with Crippen LogP contribution in [0.4, 0.5) is 5.69 Å². The minimum Gasteiger partial charge on any atom is -0.487 e. The van der Waals surface area contributed by atoms with E-state index in [9.17, 15) is 9.59 Å². The maximum Gasteiger partial charge on any atom is 0.323 e. The summed E-state index contributed by atoms with van der Waals surface area (Å²) in [7, 11) is 0. The predicted molar refractivity (Wildman–Crippen MR) is 104 cm³/mol. The van der Waals surface area contributed by atoms with E-state index in [0.29, 0.717) is 34.6 Å². The van der Waals surface area contributed by atoms with Crippen LogP contribution in [-0.2, 0) is 6.61 Å². The summed E-state index contributed by atoms with van der Waals surface area (Å²) in [6.07, 6.45) is 0. The lowest BCUT2D eigenvalue weighted by Gasteiger charge is -2.08. The summed E-state index contributed by atoms with van der Waals surface area (Å²) in [5.74, 6) is 0.334. The summed E-state index contributed by atoms with van der Waals surface area (Å²) in [6.45, 7) is 2.30. The van der Waals surface area contributed by atoms with E-state index in [1.807, 2.05) is 12.3 Å². The third kappa shape index (κ3) is 3.90. The molecule has 7 nitrogen and oxygen atoms in total. The molecular weight excluding hydrogens is 364 g/mol. The van der Waals surface area contributed by atoms with Crippen molar-refractivity contribution in [3.05, 3.63) is 74.6 Å². The summed E-state index contributed by atoms with van der Waals surface area (Å²) in [6, 6.07) is 12.1. The molecule has 1 amide bonds. The molecule has 0 bridgehead atoms. The molecule has 0 aliphatic carbocycles. The van der Waals surface area contributed by atoms with Crippen LogP contribution >= 0.6 is 11.3 Å². The van der Waals surface area contributed by atoms with Gasteiger partial charge in [0.1, 0.15) is 12.4 Å². The molecule has 0 fully saturated rings. The van der Waals surface area contributed by atoms with Gasteiger partial charge in [0.05, 0.1) is 21.7 Å². The first kappa shape index (κ1) is 17.0. The Hall–Kier alpha value is -3.39. The van der Waals surface area contributed by atoms with Gasteiger partial charge < -0.3 is 20.0 Å². The maximum atomic E-state index is 12.5. The van der Waals surface area contributed by atoms with E-state index in [-0.39, 0.29) is 11.6 Å². The lowest BCUT2D eigenvalue weighted by Crippen LogP contribution is -2.12. The second-order valence-corrected chi connectivity index (χ2v) is 7.03. The summed E-state index contributed by atoms with van der Waals surface area (Å²) >= 11 is 1.57. The molecular formula is C19H16N4O3S. The Morgan fingerprint density at radius 1 is 1.19 bits per heavy atom. The number of hydrogen-bond acceptors (Lipinski definition) is 5. The van der Waals surface area contributed by atoms with E-state index in [1.54, 1.807) is 53.8 Å². The van der Waals surface area contributed by atoms with Crippen LogP contribution in [0.3, 0.4) is 0 Å². The quantitative estimate of drug-likeness (QED) is 0.494. The standard InChI is InChI=1S/C19H16N4O3S/c1-11-20-14(10-27-11)9-26-15-4-2-3-12(7-15)18(24)21-13-5-6-16-17(8-13)23-19(25)22-16/h2-8,10H,9H2,1H3,(H,21,24)(H2,22,23,25). The maximum absolute atomic E-state index is 12.5. The van der Waals surface area contributed by atoms with Crippen molar-refractivity contribution >= 4 is 34.0 Å². The highest BCUT2D eigenvalue weighted by molar-refractivity contribution is 7.09. The second kappa shape index (κ2) is 7.08. The number of ether oxygens (including phenoxy) is 1. The van der Waals surface area contributed by atoms with Gasteiger partial charge in [0.25, 0.3) is 5.91 Å². The van der Waals surface area contributed by atoms with Crippen LogP contribution < -0.4 is 15.7 Å². The zero-order valence-electron chi connectivity index (χ0n) is 14.4. The molecule has 0 aliphatic heterocycles. The fourth-order valence-corrected chi connectivity index (χ4v) is 3.27. The van der Waals surface area contributed by atoms with Gasteiger partial charge in [-0.2, -0.15) is 0 Å². The summed E-state index contributed by atoms with van der Waals surface area (Å²) in [4.78, 5) is 33.5. The zero-order chi connectivity index (χ0) is 18.8. The number of aromatic nitrogens is 3. The van der Waals surface area contributed by atoms with Gasteiger partial charge in [-0.1, -0.05) is 6.07 Å². The Balaban J connectivity index is 1.46. The summed E-state index contributed by atoms with van der Waals surface area (Å²) in [5.41, 5.74) is 2.96. The molecule has 0 unspecified atom stereocenters. The van der Waals surface area contributed by atoms with Crippen LogP contribution in [0.5, 0.6) is 5.75 Å². The van der Waals surface area contributed by atoms with E-state index in [1.165, 1.54) is 0 Å². The predicted octanol–water partition coefficient (Wildman–Crippen LogP) is 3.45. The monoisotopic (exact) mass is 380 g/mol. The van der Waals surface area contributed by atoms with Gasteiger partial charge >= 0.3 is 5.69 Å². The topological polar surface area (TPSA) is 99.9 Å². The van der Waals surface area contributed by atoms with E-state index in [4.69, 9.17) is 4.74 Å². The van der Waals surface area contributed by atoms with Crippen LogP contribution in [0.2, 0.25) is 0 Å². The molecule has 4 rings (SSSR count). The lowest BCUT2D eigenvalue weighted by atomic mass is 10.2. The SMILES string of the molecule is Cc1nc(COc2cccc(C(=O)Nc3ccc4[nH]c(=O)[nH]c4c3)c2)cs1. The third-order valence-electron chi connectivity index (χ3n) is 3.92. The van der Waals surface area contributed by atoms with Gasteiger partial charge in [0.15, 0.2) is 0 Å². The van der Waals surface area contributed by atoms with Gasteiger partial charge in [-0.15, -0.1) is 11.3 Å². The number of benzene rings is 2. The average molecular weight is 380 g/mol. The minimum absolute atomic E-state index is 0.262. The number of aromatic amines is 2. The first-order chi connectivity index (χ1) is 13.1. The van der Waals surface area contributed by atoms with Gasteiger partial charge in [-0.25, -0.2) is 9.78 Å². The van der Waals surface area contributed by atoms with Crippen LogP contribution in [0.25, 0.3) is 11.0 Å². The number of rotatable bonds is 5. The van der Waals surface area contributed by atoms with E-state index >= 15 is 0 Å². The number of nitrogens with one attached hydrogen (secondary N) is 3. The number of imidazole rings is 1. The van der Waals surface area contributed by atoms with Crippen molar-refractivity contribution in [2.45, 2.75) is 13.5 Å².